The molecule has 2 rings (SSSR count). The molecule has 2 aliphatic rings. The van der Waals surface area contributed by atoms with E-state index in [1.807, 2.05) is 6.92 Å². The number of ether oxygens (including phenoxy) is 2. The Hall–Kier alpha value is -2.54. The highest BCUT2D eigenvalue weighted by Gasteiger charge is 2.30. The van der Waals surface area contributed by atoms with Gasteiger partial charge in [0.1, 0.15) is 11.9 Å². The summed E-state index contributed by atoms with van der Waals surface area (Å²) in [7, 11) is 1.71. The molecule has 7 nitrogen and oxygen atoms in total. The Balaban J connectivity index is 2.11. The number of rotatable bonds is 7. The molecule has 0 saturated carbocycles. The summed E-state index contributed by atoms with van der Waals surface area (Å²) in [6.07, 6.45) is 12.4. The molecule has 0 radical (unpaired) electrons. The number of allylic oxidation sites excluding steroid dienone is 3. The van der Waals surface area contributed by atoms with E-state index in [-0.39, 0.29) is 41.5 Å². The average molecular weight is 488 g/mol. The van der Waals surface area contributed by atoms with Crippen LogP contribution in [0.5, 0.6) is 0 Å². The summed E-state index contributed by atoms with van der Waals surface area (Å²) in [6, 6.07) is 0. The number of esters is 1. The second-order valence-electron chi connectivity index (χ2n) is 9.99. The number of ketones is 1. The maximum absolute atomic E-state index is 13.1. The van der Waals surface area contributed by atoms with Crippen LogP contribution < -0.4 is 5.32 Å². The van der Waals surface area contributed by atoms with E-state index in [4.69, 9.17) is 9.47 Å². The number of cyclic esters (lactones) is 1. The van der Waals surface area contributed by atoms with Gasteiger partial charge < -0.3 is 9.47 Å². The van der Waals surface area contributed by atoms with Gasteiger partial charge in [-0.05, 0) is 55.9 Å². The molecule has 0 aromatic rings. The van der Waals surface area contributed by atoms with E-state index in [0.717, 1.165) is 12.0 Å². The largest absolute Gasteiger partial charge is 0.454 e. The zero-order valence-corrected chi connectivity index (χ0v) is 21.8. The van der Waals surface area contributed by atoms with Gasteiger partial charge in [0.2, 0.25) is 11.8 Å². The third kappa shape index (κ3) is 9.21. The van der Waals surface area contributed by atoms with Crippen LogP contribution in [0.2, 0.25) is 0 Å². The highest BCUT2D eigenvalue weighted by Crippen LogP contribution is 2.27. The van der Waals surface area contributed by atoms with Crippen molar-refractivity contribution in [1.82, 2.24) is 5.32 Å². The van der Waals surface area contributed by atoms with E-state index < -0.39 is 18.0 Å². The minimum Gasteiger partial charge on any atom is -0.454 e. The molecular weight excluding hydrogens is 446 g/mol. The lowest BCUT2D eigenvalue weighted by atomic mass is 9.84. The second-order valence-corrected chi connectivity index (χ2v) is 9.99. The molecule has 1 fully saturated rings. The van der Waals surface area contributed by atoms with E-state index in [9.17, 15) is 19.2 Å². The number of hydrogen-bond acceptors (Lipinski definition) is 6. The summed E-state index contributed by atoms with van der Waals surface area (Å²) >= 11 is 0. The summed E-state index contributed by atoms with van der Waals surface area (Å²) in [5.41, 5.74) is 0.845. The molecule has 0 aromatic heterocycles. The van der Waals surface area contributed by atoms with Gasteiger partial charge >= 0.3 is 5.97 Å². The summed E-state index contributed by atoms with van der Waals surface area (Å²) in [5, 5.41) is 2.31. The topological polar surface area (TPSA) is 98.8 Å². The molecule has 1 saturated heterocycles. The zero-order chi connectivity index (χ0) is 26.0. The fourth-order valence-electron chi connectivity index (χ4n) is 4.80. The highest BCUT2D eigenvalue weighted by atomic mass is 16.5. The highest BCUT2D eigenvalue weighted by molar-refractivity contribution is 5.97. The Morgan fingerprint density at radius 3 is 2.46 bits per heavy atom. The minimum atomic E-state index is -0.657. The van der Waals surface area contributed by atoms with E-state index >= 15 is 0 Å². The molecule has 1 N–H and O–H groups in total. The van der Waals surface area contributed by atoms with Crippen molar-refractivity contribution in [3.8, 4) is 0 Å². The number of piperidine rings is 1. The molecule has 2 heterocycles. The Morgan fingerprint density at radius 1 is 1.14 bits per heavy atom. The van der Waals surface area contributed by atoms with Gasteiger partial charge in [0, 0.05) is 32.4 Å². The van der Waals surface area contributed by atoms with Crippen molar-refractivity contribution in [1.29, 1.82) is 0 Å². The predicted molar refractivity (Wildman–Crippen MR) is 134 cm³/mol. The fourth-order valence-corrected chi connectivity index (χ4v) is 4.80. The molecule has 0 spiro atoms. The van der Waals surface area contributed by atoms with Crippen molar-refractivity contribution >= 4 is 23.6 Å². The van der Waals surface area contributed by atoms with Crippen LogP contribution in [0.25, 0.3) is 0 Å². The van der Waals surface area contributed by atoms with Crippen LogP contribution in [0, 0.1) is 23.7 Å². The summed E-state index contributed by atoms with van der Waals surface area (Å²) in [6.45, 7) is 7.94. The van der Waals surface area contributed by atoms with Crippen LogP contribution in [-0.2, 0) is 28.7 Å². The van der Waals surface area contributed by atoms with E-state index in [2.05, 4.69) is 37.4 Å². The number of hydrogen-bond donors (Lipinski definition) is 1. The van der Waals surface area contributed by atoms with Gasteiger partial charge in [0.25, 0.3) is 0 Å². The minimum absolute atomic E-state index is 0.00522. The van der Waals surface area contributed by atoms with Gasteiger partial charge in [-0.25, -0.2) is 4.79 Å². The molecule has 0 aliphatic carbocycles. The molecule has 0 bridgehead atoms. The monoisotopic (exact) mass is 487 g/mol. The maximum Gasteiger partial charge on any atom is 0.331 e. The van der Waals surface area contributed by atoms with Crippen LogP contribution in [0.3, 0.4) is 0 Å². The van der Waals surface area contributed by atoms with Crippen LogP contribution in [0.15, 0.2) is 36.0 Å². The number of carbonyl (C=O) groups excluding carboxylic acids is 4. The van der Waals surface area contributed by atoms with Gasteiger partial charge in [-0.1, -0.05) is 45.1 Å². The molecule has 5 atom stereocenters. The lowest BCUT2D eigenvalue weighted by molar-refractivity contribution is -0.145. The normalized spacial score (nSPS) is 31.3. The zero-order valence-electron chi connectivity index (χ0n) is 21.8. The maximum atomic E-state index is 13.1. The molecule has 0 unspecified atom stereocenters. The Kier molecular flexibility index (Phi) is 11.6. The third-order valence-corrected chi connectivity index (χ3v) is 7.14. The molecule has 7 heteroatoms. The molecular formula is C28H41NO6. The van der Waals surface area contributed by atoms with Crippen LogP contribution in [-0.4, -0.2) is 42.9 Å². The van der Waals surface area contributed by atoms with Crippen LogP contribution in [0.4, 0.5) is 0 Å². The number of nitrogens with one attached hydrogen (secondary N) is 1. The number of Topliss-reactive ketones (excluding diaryl/α,β-unsaturated/α-hetero) is 1. The first kappa shape index (κ1) is 28.7. The first-order valence-corrected chi connectivity index (χ1v) is 12.7. The molecule has 2 aliphatic heterocycles. The fraction of sp³-hybridized carbons (Fsp3) is 0.643. The summed E-state index contributed by atoms with van der Waals surface area (Å²) < 4.78 is 11.5. The van der Waals surface area contributed by atoms with Gasteiger partial charge in [0.05, 0.1) is 12.0 Å². The van der Waals surface area contributed by atoms with Crippen molar-refractivity contribution in [2.45, 2.75) is 84.8 Å². The van der Waals surface area contributed by atoms with E-state index in [0.29, 0.717) is 38.5 Å². The standard InChI is InChI=1S/C28H41NO6/c1-18-15-19(2)28(35-27(33)14-9-7-6-8-13-24(34-5)20(18)3)21(4)23(30)12-10-11-22-16-25(31)29-26(32)17-22/h8-9,13-15,18,20-22,24,28H,6-7,10-12,16-17H2,1-5H3,(H,29,31,32)/b13-8+,14-9+,19-15-/t18-,20+,21-,24+,28+/m1/s1. The number of carbonyl (C=O) groups is 4. The quantitative estimate of drug-likeness (QED) is 0.323. The van der Waals surface area contributed by atoms with Gasteiger partial charge in [-0.3, -0.25) is 19.7 Å². The number of methoxy groups -OCH3 is 1. The van der Waals surface area contributed by atoms with Crippen molar-refractivity contribution in [2.24, 2.45) is 23.7 Å². The predicted octanol–water partition coefficient (Wildman–Crippen LogP) is 4.47. The lowest BCUT2D eigenvalue weighted by Crippen LogP contribution is -2.38. The average Bonchev–Trinajstić information content (AvgIpc) is 2.79. The lowest BCUT2D eigenvalue weighted by Gasteiger charge is -2.28. The SMILES string of the molecule is CO[C@H]1/C=C/CC/C=C/C(=O)O[C@H]([C@H](C)C(=O)CCCC2CC(=O)NC(=O)C2)/C(C)=C\[C@@H](C)[C@@H]1C. The Morgan fingerprint density at radius 2 is 1.80 bits per heavy atom. The van der Waals surface area contributed by atoms with Crippen molar-refractivity contribution in [3.05, 3.63) is 36.0 Å². The molecule has 0 aromatic carbocycles. The van der Waals surface area contributed by atoms with Gasteiger partial charge in [-0.15, -0.1) is 0 Å². The molecule has 2 amide bonds. The van der Waals surface area contributed by atoms with Crippen molar-refractivity contribution < 1.29 is 28.7 Å². The van der Waals surface area contributed by atoms with Gasteiger partial charge in [0.15, 0.2) is 0 Å². The number of imide groups is 1. The summed E-state index contributed by atoms with van der Waals surface area (Å²) in [5.74, 6) is -1.14. The smallest absolute Gasteiger partial charge is 0.331 e. The van der Waals surface area contributed by atoms with Gasteiger partial charge in [-0.2, -0.15) is 0 Å². The number of amides is 2. The summed E-state index contributed by atoms with van der Waals surface area (Å²) in [4.78, 5) is 48.7. The first-order valence-electron chi connectivity index (χ1n) is 12.7. The van der Waals surface area contributed by atoms with E-state index in [1.54, 1.807) is 20.1 Å². The van der Waals surface area contributed by atoms with E-state index in [1.165, 1.54) is 6.08 Å². The first-order chi connectivity index (χ1) is 16.6. The van der Waals surface area contributed by atoms with Crippen LogP contribution in [0.1, 0.15) is 72.6 Å². The van der Waals surface area contributed by atoms with Crippen molar-refractivity contribution in [3.63, 3.8) is 0 Å². The second kappa shape index (κ2) is 14.1. The van der Waals surface area contributed by atoms with Crippen molar-refractivity contribution in [2.75, 3.05) is 7.11 Å². The molecule has 194 valence electrons. The van der Waals surface area contributed by atoms with Crippen LogP contribution >= 0.6 is 0 Å². The Labute approximate surface area is 209 Å². The third-order valence-electron chi connectivity index (χ3n) is 7.14. The Bertz CT molecular complexity index is 842. The molecule has 35 heavy (non-hydrogen) atoms.